The second-order valence-corrected chi connectivity index (χ2v) is 6.50. The van der Waals surface area contributed by atoms with Gasteiger partial charge in [0, 0.05) is 41.3 Å². The fraction of sp³-hybridized carbons (Fsp3) is 0. The first-order valence-corrected chi connectivity index (χ1v) is 9.01. The SMILES string of the molecule is O=C(O)c1cc(O)c(O)c(O)c1.O=C(O)c1cc(O)c(O)c(O)c1.O=C(O)c1cc(O)c(O)c(O)c1.[Pr]. The maximum absolute atomic E-state index is 10.3. The Kier molecular flexibility index (Phi) is 12.0. The van der Waals surface area contributed by atoms with E-state index >= 15 is 0 Å². The Hall–Kier alpha value is -4.37. The van der Waals surface area contributed by atoms with Crippen molar-refractivity contribution in [2.45, 2.75) is 0 Å². The molecule has 3 aromatic carbocycles. The van der Waals surface area contributed by atoms with Gasteiger partial charge in [0.05, 0.1) is 16.7 Å². The summed E-state index contributed by atoms with van der Waals surface area (Å²) < 4.78 is 0. The zero-order valence-corrected chi connectivity index (χ0v) is 21.8. The van der Waals surface area contributed by atoms with Crippen LogP contribution in [0.4, 0.5) is 0 Å². The summed E-state index contributed by atoms with van der Waals surface area (Å²) >= 11 is 0. The molecule has 0 fully saturated rings. The van der Waals surface area contributed by atoms with Gasteiger partial charge in [0.15, 0.2) is 51.7 Å². The van der Waals surface area contributed by atoms with Crippen LogP contribution in [0, 0.1) is 41.3 Å². The number of rotatable bonds is 3. The van der Waals surface area contributed by atoms with Crippen LogP contribution in [0.3, 0.4) is 0 Å². The van der Waals surface area contributed by atoms with Crippen LogP contribution in [-0.2, 0) is 0 Å². The summed E-state index contributed by atoms with van der Waals surface area (Å²) in [4.78, 5) is 30.9. The fourth-order valence-electron chi connectivity index (χ4n) is 2.18. The number of aromatic hydroxyl groups is 9. The molecule has 3 aromatic rings. The first-order valence-electron chi connectivity index (χ1n) is 9.01. The third-order valence-corrected chi connectivity index (χ3v) is 3.95. The van der Waals surface area contributed by atoms with Gasteiger partial charge in [0.25, 0.3) is 0 Å². The Balaban J connectivity index is 0.000000518. The van der Waals surface area contributed by atoms with E-state index in [9.17, 15) is 14.4 Å². The number of phenolic OH excluding ortho intramolecular Hbond substituents is 9. The monoisotopic (exact) mass is 651 g/mol. The molecular formula is C21H18O15Pr. The van der Waals surface area contributed by atoms with Crippen molar-refractivity contribution in [1.82, 2.24) is 0 Å². The average Bonchev–Trinajstić information content (AvgIpc) is 2.79. The van der Waals surface area contributed by atoms with Gasteiger partial charge in [-0.1, -0.05) is 0 Å². The van der Waals surface area contributed by atoms with Crippen LogP contribution in [0.2, 0.25) is 0 Å². The zero-order valence-electron chi connectivity index (χ0n) is 18.1. The summed E-state index contributed by atoms with van der Waals surface area (Å²) in [6.07, 6.45) is 0. The van der Waals surface area contributed by atoms with Crippen molar-refractivity contribution >= 4 is 17.9 Å². The van der Waals surface area contributed by atoms with E-state index in [-0.39, 0.29) is 58.0 Å². The number of aromatic carboxylic acids is 3. The molecular weight excluding hydrogens is 633 g/mol. The fourth-order valence-corrected chi connectivity index (χ4v) is 2.18. The largest absolute Gasteiger partial charge is 0.504 e. The first-order chi connectivity index (χ1) is 16.6. The standard InChI is InChI=1S/3C7H6O5.Pr/c3*8-4-1-3(7(11)12)2-5(9)6(4)10;/h3*1-2,8-10H,(H,11,12);. The molecule has 0 aromatic heterocycles. The van der Waals surface area contributed by atoms with Gasteiger partial charge >= 0.3 is 17.9 Å². The molecule has 0 aliphatic carbocycles. The van der Waals surface area contributed by atoms with Gasteiger partial charge in [0.1, 0.15) is 0 Å². The van der Waals surface area contributed by atoms with Crippen molar-refractivity contribution < 1.29 is 117 Å². The van der Waals surface area contributed by atoms with Crippen LogP contribution >= 0.6 is 0 Å². The van der Waals surface area contributed by atoms with Gasteiger partial charge in [-0.05, 0) is 36.4 Å². The predicted molar refractivity (Wildman–Crippen MR) is 115 cm³/mol. The molecule has 1 radical (unpaired) electrons. The Morgan fingerprint density at radius 1 is 0.378 bits per heavy atom. The van der Waals surface area contributed by atoms with Crippen LogP contribution in [0.15, 0.2) is 36.4 Å². The van der Waals surface area contributed by atoms with E-state index < -0.39 is 69.7 Å². The molecule has 3 rings (SSSR count). The van der Waals surface area contributed by atoms with Gasteiger partial charge in [-0.3, -0.25) is 0 Å². The normalized spacial score (nSPS) is 9.41. The molecule has 0 unspecified atom stereocenters. The van der Waals surface area contributed by atoms with Crippen LogP contribution in [0.5, 0.6) is 51.7 Å². The molecule has 0 spiro atoms. The zero-order chi connectivity index (χ0) is 27.9. The van der Waals surface area contributed by atoms with Gasteiger partial charge in [0.2, 0.25) is 0 Å². The van der Waals surface area contributed by atoms with Gasteiger partial charge in [-0.15, -0.1) is 0 Å². The third-order valence-electron chi connectivity index (χ3n) is 3.95. The number of carbonyl (C=O) groups is 3. The number of benzene rings is 3. The number of carboxylic acid groups (broad SMARTS) is 3. The van der Waals surface area contributed by atoms with E-state index in [1.165, 1.54) is 0 Å². The Morgan fingerprint density at radius 2 is 0.514 bits per heavy atom. The summed E-state index contributed by atoms with van der Waals surface area (Å²) in [6.45, 7) is 0. The second kappa shape index (κ2) is 13.7. The van der Waals surface area contributed by atoms with Crippen molar-refractivity contribution in [2.24, 2.45) is 0 Å². The minimum absolute atomic E-state index is 0. The van der Waals surface area contributed by atoms with E-state index in [2.05, 4.69) is 0 Å². The predicted octanol–water partition coefficient (Wildman–Crippen LogP) is 1.50. The summed E-state index contributed by atoms with van der Waals surface area (Å²) in [5, 5.41) is 105. The van der Waals surface area contributed by atoms with Gasteiger partial charge in [-0.25, -0.2) is 14.4 Å². The molecule has 0 heterocycles. The van der Waals surface area contributed by atoms with Crippen LogP contribution in [0.25, 0.3) is 0 Å². The summed E-state index contributed by atoms with van der Waals surface area (Å²) in [5.74, 6) is -10.00. The van der Waals surface area contributed by atoms with Crippen molar-refractivity contribution in [3.05, 3.63) is 53.1 Å². The van der Waals surface area contributed by atoms with E-state index in [4.69, 9.17) is 61.3 Å². The summed E-state index contributed by atoms with van der Waals surface area (Å²) in [6, 6.07) is 5.07. The quantitative estimate of drug-likeness (QED) is 0.179. The Labute approximate surface area is 238 Å². The minimum atomic E-state index is -1.29. The van der Waals surface area contributed by atoms with E-state index in [0.29, 0.717) is 0 Å². The number of hydrogen-bond donors (Lipinski definition) is 12. The number of hydrogen-bond acceptors (Lipinski definition) is 12. The molecule has 0 amide bonds. The molecule has 0 aliphatic heterocycles. The molecule has 0 saturated carbocycles. The first kappa shape index (κ1) is 32.6. The maximum Gasteiger partial charge on any atom is 0.335 e. The van der Waals surface area contributed by atoms with Crippen LogP contribution in [-0.4, -0.2) is 79.2 Å². The molecule has 0 bridgehead atoms. The molecule has 15 nitrogen and oxygen atoms in total. The van der Waals surface area contributed by atoms with Crippen molar-refractivity contribution in [2.75, 3.05) is 0 Å². The molecule has 16 heteroatoms. The molecule has 0 saturated heterocycles. The molecule has 37 heavy (non-hydrogen) atoms. The minimum Gasteiger partial charge on any atom is -0.504 e. The van der Waals surface area contributed by atoms with Crippen molar-refractivity contribution in [1.29, 1.82) is 0 Å². The van der Waals surface area contributed by atoms with Crippen molar-refractivity contribution in [3.8, 4) is 51.7 Å². The third kappa shape index (κ3) is 8.98. The van der Waals surface area contributed by atoms with E-state index in [0.717, 1.165) is 36.4 Å². The molecule has 195 valence electrons. The summed E-state index contributed by atoms with van der Waals surface area (Å²) in [7, 11) is 0. The number of phenols is 9. The topological polar surface area (TPSA) is 294 Å². The van der Waals surface area contributed by atoms with Gasteiger partial charge < -0.3 is 61.3 Å². The Morgan fingerprint density at radius 3 is 0.622 bits per heavy atom. The van der Waals surface area contributed by atoms with Crippen LogP contribution < -0.4 is 0 Å². The molecule has 12 N–H and O–H groups in total. The van der Waals surface area contributed by atoms with Crippen LogP contribution in [0.1, 0.15) is 31.1 Å². The van der Waals surface area contributed by atoms with Crippen molar-refractivity contribution in [3.63, 3.8) is 0 Å². The average molecular weight is 651 g/mol. The smallest absolute Gasteiger partial charge is 0.335 e. The number of carboxylic acids is 3. The van der Waals surface area contributed by atoms with E-state index in [1.54, 1.807) is 0 Å². The molecule has 0 atom stereocenters. The second-order valence-electron chi connectivity index (χ2n) is 6.50. The molecule has 0 aliphatic rings. The van der Waals surface area contributed by atoms with E-state index in [1.807, 2.05) is 0 Å². The van der Waals surface area contributed by atoms with Gasteiger partial charge in [-0.2, -0.15) is 0 Å². The summed E-state index contributed by atoms with van der Waals surface area (Å²) in [5.41, 5.74) is -0.867. The maximum atomic E-state index is 10.3. The Bertz CT molecular complexity index is 1090.